The smallest absolute Gasteiger partial charge is 0.224 e. The average Bonchev–Trinajstić information content (AvgIpc) is 2.46. The summed E-state index contributed by atoms with van der Waals surface area (Å²) in [6.07, 6.45) is 5.82. The lowest BCUT2D eigenvalue weighted by Gasteiger charge is -2.32. The van der Waals surface area contributed by atoms with Crippen LogP contribution in [0.25, 0.3) is 0 Å². The van der Waals surface area contributed by atoms with Gasteiger partial charge in [0.25, 0.3) is 0 Å². The first-order valence-electron chi connectivity index (χ1n) is 6.78. The van der Waals surface area contributed by atoms with Crippen LogP contribution in [0.1, 0.15) is 26.2 Å². The zero-order valence-corrected chi connectivity index (χ0v) is 11.3. The Balaban J connectivity index is 1.82. The third-order valence-electron chi connectivity index (χ3n) is 3.47. The second-order valence-corrected chi connectivity index (χ2v) is 4.84. The maximum Gasteiger partial charge on any atom is 0.224 e. The summed E-state index contributed by atoms with van der Waals surface area (Å²) >= 11 is 0. The summed E-state index contributed by atoms with van der Waals surface area (Å²) in [6, 6.07) is 2.46. The van der Waals surface area contributed by atoms with Crippen LogP contribution in [0.2, 0.25) is 0 Å². The Kier molecular flexibility index (Phi) is 4.75. The van der Waals surface area contributed by atoms with Crippen LogP contribution in [0.3, 0.4) is 0 Å². The summed E-state index contributed by atoms with van der Waals surface area (Å²) in [5, 5.41) is 6.33. The van der Waals surface area contributed by atoms with E-state index in [0.29, 0.717) is 12.0 Å². The van der Waals surface area contributed by atoms with Crippen molar-refractivity contribution < 1.29 is 0 Å². The average molecular weight is 249 g/mol. The molecule has 1 aliphatic heterocycles. The molecule has 1 saturated heterocycles. The maximum absolute atomic E-state index is 4.36. The van der Waals surface area contributed by atoms with E-state index in [-0.39, 0.29) is 0 Å². The summed E-state index contributed by atoms with van der Waals surface area (Å²) in [5.41, 5.74) is 0. The summed E-state index contributed by atoms with van der Waals surface area (Å²) in [6.45, 7) is 5.67. The standard InChI is InChI=1S/C13H23N5/c1-11(18-8-4-3-5-9-18)10-16-12-6-7-15-13(14-2)17-12/h6-7,11H,3-5,8-10H2,1-2H3,(H2,14,15,16,17). The lowest BCUT2D eigenvalue weighted by atomic mass is 10.1. The normalized spacial score (nSPS) is 18.3. The van der Waals surface area contributed by atoms with Gasteiger partial charge in [-0.05, 0) is 38.9 Å². The molecule has 1 aromatic rings. The first-order chi connectivity index (χ1) is 8.79. The van der Waals surface area contributed by atoms with Gasteiger partial charge in [-0.1, -0.05) is 6.42 Å². The molecule has 2 rings (SSSR count). The third kappa shape index (κ3) is 3.57. The molecule has 1 aromatic heterocycles. The van der Waals surface area contributed by atoms with Crippen molar-refractivity contribution in [3.63, 3.8) is 0 Å². The Morgan fingerprint density at radius 1 is 1.33 bits per heavy atom. The minimum Gasteiger partial charge on any atom is -0.368 e. The van der Waals surface area contributed by atoms with E-state index in [1.807, 2.05) is 13.1 Å². The van der Waals surface area contributed by atoms with Crippen LogP contribution in [-0.4, -0.2) is 47.6 Å². The Morgan fingerprint density at radius 3 is 2.83 bits per heavy atom. The molecule has 1 atom stereocenters. The summed E-state index contributed by atoms with van der Waals surface area (Å²) in [4.78, 5) is 11.0. The number of hydrogen-bond donors (Lipinski definition) is 2. The predicted molar refractivity (Wildman–Crippen MR) is 75.0 cm³/mol. The second kappa shape index (κ2) is 6.54. The van der Waals surface area contributed by atoms with E-state index in [2.05, 4.69) is 32.4 Å². The van der Waals surface area contributed by atoms with E-state index in [9.17, 15) is 0 Å². The van der Waals surface area contributed by atoms with Gasteiger partial charge in [-0.2, -0.15) is 4.98 Å². The van der Waals surface area contributed by atoms with Crippen molar-refractivity contribution in [2.45, 2.75) is 32.2 Å². The molecule has 100 valence electrons. The number of likely N-dealkylation sites (tertiary alicyclic amines) is 1. The zero-order valence-electron chi connectivity index (χ0n) is 11.3. The van der Waals surface area contributed by atoms with E-state index in [4.69, 9.17) is 0 Å². The first kappa shape index (κ1) is 13.1. The van der Waals surface area contributed by atoms with Gasteiger partial charge in [-0.25, -0.2) is 4.98 Å². The van der Waals surface area contributed by atoms with Gasteiger partial charge in [0.1, 0.15) is 5.82 Å². The molecule has 5 heteroatoms. The van der Waals surface area contributed by atoms with Crippen LogP contribution in [0, 0.1) is 0 Å². The topological polar surface area (TPSA) is 53.1 Å². The van der Waals surface area contributed by atoms with Crippen LogP contribution in [0.15, 0.2) is 12.3 Å². The van der Waals surface area contributed by atoms with E-state index in [0.717, 1.165) is 12.4 Å². The van der Waals surface area contributed by atoms with E-state index in [1.165, 1.54) is 32.4 Å². The van der Waals surface area contributed by atoms with E-state index < -0.39 is 0 Å². The van der Waals surface area contributed by atoms with Crippen LogP contribution in [0.4, 0.5) is 11.8 Å². The minimum atomic E-state index is 0.554. The fourth-order valence-electron chi connectivity index (χ4n) is 2.32. The van der Waals surface area contributed by atoms with Crippen molar-refractivity contribution in [1.82, 2.24) is 14.9 Å². The monoisotopic (exact) mass is 249 g/mol. The molecule has 0 radical (unpaired) electrons. The van der Waals surface area contributed by atoms with Crippen molar-refractivity contribution in [3.8, 4) is 0 Å². The number of nitrogens with one attached hydrogen (secondary N) is 2. The Morgan fingerprint density at radius 2 is 2.11 bits per heavy atom. The van der Waals surface area contributed by atoms with Crippen LogP contribution in [0.5, 0.6) is 0 Å². The van der Waals surface area contributed by atoms with Gasteiger partial charge >= 0.3 is 0 Å². The molecule has 5 nitrogen and oxygen atoms in total. The van der Waals surface area contributed by atoms with E-state index >= 15 is 0 Å². The molecule has 2 heterocycles. The summed E-state index contributed by atoms with van der Waals surface area (Å²) < 4.78 is 0. The fourth-order valence-corrected chi connectivity index (χ4v) is 2.32. The number of nitrogens with zero attached hydrogens (tertiary/aromatic N) is 3. The number of hydrogen-bond acceptors (Lipinski definition) is 5. The summed E-state index contributed by atoms with van der Waals surface area (Å²) in [5.74, 6) is 1.55. The Labute approximate surface area is 109 Å². The van der Waals surface area contributed by atoms with Gasteiger partial charge in [0, 0.05) is 25.8 Å². The number of rotatable bonds is 5. The van der Waals surface area contributed by atoms with E-state index in [1.54, 1.807) is 6.20 Å². The van der Waals surface area contributed by atoms with Crippen LogP contribution >= 0.6 is 0 Å². The van der Waals surface area contributed by atoms with Crippen molar-refractivity contribution in [2.75, 3.05) is 37.3 Å². The lowest BCUT2D eigenvalue weighted by molar-refractivity contribution is 0.180. The Hall–Kier alpha value is -1.36. The van der Waals surface area contributed by atoms with Gasteiger partial charge in [0.2, 0.25) is 5.95 Å². The highest BCUT2D eigenvalue weighted by Crippen LogP contribution is 2.12. The first-order valence-corrected chi connectivity index (χ1v) is 6.78. The molecule has 0 spiro atoms. The van der Waals surface area contributed by atoms with Gasteiger partial charge in [0.05, 0.1) is 0 Å². The van der Waals surface area contributed by atoms with Gasteiger partial charge in [-0.3, -0.25) is 4.90 Å². The fraction of sp³-hybridized carbons (Fsp3) is 0.692. The van der Waals surface area contributed by atoms with Gasteiger partial charge in [0.15, 0.2) is 0 Å². The molecule has 0 aromatic carbocycles. The maximum atomic E-state index is 4.36. The highest BCUT2D eigenvalue weighted by molar-refractivity contribution is 5.39. The lowest BCUT2D eigenvalue weighted by Crippen LogP contribution is -2.41. The highest BCUT2D eigenvalue weighted by Gasteiger charge is 2.16. The number of piperidine rings is 1. The van der Waals surface area contributed by atoms with Crippen LogP contribution < -0.4 is 10.6 Å². The van der Waals surface area contributed by atoms with Crippen LogP contribution in [-0.2, 0) is 0 Å². The molecule has 0 aliphatic carbocycles. The molecule has 0 amide bonds. The van der Waals surface area contributed by atoms with Crippen molar-refractivity contribution >= 4 is 11.8 Å². The van der Waals surface area contributed by atoms with Gasteiger partial charge < -0.3 is 10.6 Å². The number of anilines is 2. The SMILES string of the molecule is CNc1nccc(NCC(C)N2CCCCC2)n1. The molecular weight excluding hydrogens is 226 g/mol. The molecular formula is C13H23N5. The largest absolute Gasteiger partial charge is 0.368 e. The Bertz CT molecular complexity index is 362. The zero-order chi connectivity index (χ0) is 12.8. The molecule has 18 heavy (non-hydrogen) atoms. The van der Waals surface area contributed by atoms with Gasteiger partial charge in [-0.15, -0.1) is 0 Å². The molecule has 1 fully saturated rings. The third-order valence-corrected chi connectivity index (χ3v) is 3.47. The highest BCUT2D eigenvalue weighted by atomic mass is 15.2. The van der Waals surface area contributed by atoms with Crippen molar-refractivity contribution in [3.05, 3.63) is 12.3 Å². The molecule has 2 N–H and O–H groups in total. The van der Waals surface area contributed by atoms with Crippen molar-refractivity contribution in [2.24, 2.45) is 0 Å². The minimum absolute atomic E-state index is 0.554. The predicted octanol–water partition coefficient (Wildman–Crippen LogP) is 1.80. The molecule has 0 saturated carbocycles. The van der Waals surface area contributed by atoms with Crippen molar-refractivity contribution in [1.29, 1.82) is 0 Å². The molecule has 1 unspecified atom stereocenters. The quantitative estimate of drug-likeness (QED) is 0.833. The second-order valence-electron chi connectivity index (χ2n) is 4.84. The molecule has 1 aliphatic rings. The molecule has 0 bridgehead atoms. The number of aromatic nitrogens is 2. The summed E-state index contributed by atoms with van der Waals surface area (Å²) in [7, 11) is 1.83.